The van der Waals surface area contributed by atoms with E-state index < -0.39 is 27.4 Å². The molecule has 88 valence electrons. The molecule has 1 aromatic rings. The zero-order valence-corrected chi connectivity index (χ0v) is 9.67. The number of aryl methyl sites for hydroxylation is 1. The van der Waals surface area contributed by atoms with E-state index in [1.165, 1.54) is 6.92 Å². The number of rotatable bonds is 3. The summed E-state index contributed by atoms with van der Waals surface area (Å²) in [6, 6.07) is 3.28. The topological polar surface area (TPSA) is 60.4 Å². The van der Waals surface area contributed by atoms with Gasteiger partial charge >= 0.3 is 5.97 Å². The van der Waals surface area contributed by atoms with Crippen LogP contribution in [0.5, 0.6) is 0 Å². The molecule has 0 N–H and O–H groups in total. The number of carbonyl (C=O) groups excluding carboxylic acids is 1. The van der Waals surface area contributed by atoms with Gasteiger partial charge < -0.3 is 4.74 Å². The number of ether oxygens (including phenoxy) is 1. The van der Waals surface area contributed by atoms with Crippen LogP contribution in [0, 0.1) is 12.7 Å². The van der Waals surface area contributed by atoms with Crippen molar-refractivity contribution in [2.75, 3.05) is 12.9 Å². The Bertz CT molecular complexity index is 508. The minimum absolute atomic E-state index is 0.0562. The molecule has 1 aromatic carbocycles. The SMILES string of the molecule is COC(=O)CS(=O)(=O)c1ccc(F)cc1C. The van der Waals surface area contributed by atoms with Gasteiger partial charge in [0.05, 0.1) is 12.0 Å². The Morgan fingerprint density at radius 1 is 1.44 bits per heavy atom. The minimum Gasteiger partial charge on any atom is -0.468 e. The minimum atomic E-state index is -3.76. The molecule has 0 aliphatic heterocycles. The predicted molar refractivity (Wildman–Crippen MR) is 55.2 cm³/mol. The maximum atomic E-state index is 12.8. The van der Waals surface area contributed by atoms with Gasteiger partial charge in [-0.25, -0.2) is 12.8 Å². The molecule has 0 bridgehead atoms. The fraction of sp³-hybridized carbons (Fsp3) is 0.300. The van der Waals surface area contributed by atoms with Gasteiger partial charge in [0.2, 0.25) is 0 Å². The Balaban J connectivity index is 3.13. The lowest BCUT2D eigenvalue weighted by Crippen LogP contribution is -2.18. The molecule has 0 aliphatic carbocycles. The summed E-state index contributed by atoms with van der Waals surface area (Å²) in [5.41, 5.74) is 0.268. The summed E-state index contributed by atoms with van der Waals surface area (Å²) < 4.78 is 40.5. The first-order valence-electron chi connectivity index (χ1n) is 4.42. The number of esters is 1. The molecule has 0 atom stereocenters. The molecule has 0 saturated heterocycles. The highest BCUT2D eigenvalue weighted by atomic mass is 32.2. The third-order valence-electron chi connectivity index (χ3n) is 2.01. The summed E-state index contributed by atoms with van der Waals surface area (Å²) in [4.78, 5) is 10.8. The Morgan fingerprint density at radius 3 is 2.56 bits per heavy atom. The normalized spacial score (nSPS) is 11.2. The second kappa shape index (κ2) is 4.61. The van der Waals surface area contributed by atoms with Gasteiger partial charge in [-0.3, -0.25) is 4.79 Å². The van der Waals surface area contributed by atoms with Crippen LogP contribution in [0.15, 0.2) is 23.1 Å². The van der Waals surface area contributed by atoms with Crippen molar-refractivity contribution in [1.29, 1.82) is 0 Å². The van der Waals surface area contributed by atoms with Crippen molar-refractivity contribution < 1.29 is 22.3 Å². The van der Waals surface area contributed by atoms with Crippen molar-refractivity contribution in [3.05, 3.63) is 29.6 Å². The molecule has 1 rings (SSSR count). The van der Waals surface area contributed by atoms with Gasteiger partial charge in [0.15, 0.2) is 15.6 Å². The van der Waals surface area contributed by atoms with E-state index >= 15 is 0 Å². The number of methoxy groups -OCH3 is 1. The Labute approximate surface area is 93.0 Å². The zero-order valence-electron chi connectivity index (χ0n) is 8.86. The lowest BCUT2D eigenvalue weighted by molar-refractivity contribution is -0.137. The summed E-state index contributed by atoms with van der Waals surface area (Å²) in [6.45, 7) is 1.47. The molecule has 0 unspecified atom stereocenters. The molecule has 0 heterocycles. The van der Waals surface area contributed by atoms with E-state index in [0.717, 1.165) is 25.3 Å². The van der Waals surface area contributed by atoms with Crippen molar-refractivity contribution in [1.82, 2.24) is 0 Å². The van der Waals surface area contributed by atoms with Gasteiger partial charge in [-0.1, -0.05) is 0 Å². The van der Waals surface area contributed by atoms with Gasteiger partial charge in [-0.05, 0) is 30.7 Å². The van der Waals surface area contributed by atoms with E-state index in [1.807, 2.05) is 0 Å². The average Bonchev–Trinajstić information content (AvgIpc) is 2.16. The Hall–Kier alpha value is -1.43. The van der Waals surface area contributed by atoms with Crippen LogP contribution >= 0.6 is 0 Å². The van der Waals surface area contributed by atoms with Gasteiger partial charge in [-0.2, -0.15) is 0 Å². The predicted octanol–water partition coefficient (Wildman–Crippen LogP) is 1.08. The first-order valence-corrected chi connectivity index (χ1v) is 6.08. The van der Waals surface area contributed by atoms with E-state index in [0.29, 0.717) is 0 Å². The summed E-state index contributed by atoms with van der Waals surface area (Å²) in [5.74, 6) is -2.10. The smallest absolute Gasteiger partial charge is 0.321 e. The molecule has 0 aliphatic rings. The first kappa shape index (κ1) is 12.6. The molecule has 0 saturated carbocycles. The number of sulfone groups is 1. The number of benzene rings is 1. The lowest BCUT2D eigenvalue weighted by atomic mass is 10.2. The second-order valence-electron chi connectivity index (χ2n) is 3.25. The van der Waals surface area contributed by atoms with Gasteiger partial charge in [0, 0.05) is 0 Å². The van der Waals surface area contributed by atoms with E-state index in [9.17, 15) is 17.6 Å². The Morgan fingerprint density at radius 2 is 2.06 bits per heavy atom. The molecule has 0 aromatic heterocycles. The van der Waals surface area contributed by atoms with Crippen LogP contribution in [-0.2, 0) is 19.4 Å². The highest BCUT2D eigenvalue weighted by Crippen LogP contribution is 2.17. The van der Waals surface area contributed by atoms with Crippen molar-refractivity contribution in [2.24, 2.45) is 0 Å². The van der Waals surface area contributed by atoms with Gasteiger partial charge in [-0.15, -0.1) is 0 Å². The van der Waals surface area contributed by atoms with Crippen LogP contribution < -0.4 is 0 Å². The van der Waals surface area contributed by atoms with Gasteiger partial charge in [0.25, 0.3) is 0 Å². The van der Waals surface area contributed by atoms with Crippen LogP contribution in [-0.4, -0.2) is 27.2 Å². The fourth-order valence-electron chi connectivity index (χ4n) is 1.25. The summed E-state index contributed by atoms with van der Waals surface area (Å²) >= 11 is 0. The Kier molecular flexibility index (Phi) is 3.64. The fourth-order valence-corrected chi connectivity index (χ4v) is 2.66. The highest BCUT2D eigenvalue weighted by molar-refractivity contribution is 7.92. The molecular formula is C10H11FO4S. The van der Waals surface area contributed by atoms with E-state index in [2.05, 4.69) is 4.74 Å². The monoisotopic (exact) mass is 246 g/mol. The number of halogens is 1. The second-order valence-corrected chi connectivity index (χ2v) is 5.20. The van der Waals surface area contributed by atoms with E-state index in [-0.39, 0.29) is 10.5 Å². The van der Waals surface area contributed by atoms with E-state index in [4.69, 9.17) is 0 Å². The van der Waals surface area contributed by atoms with Gasteiger partial charge in [0.1, 0.15) is 5.82 Å². The number of carbonyl (C=O) groups is 1. The zero-order chi connectivity index (χ0) is 12.3. The van der Waals surface area contributed by atoms with Crippen molar-refractivity contribution in [2.45, 2.75) is 11.8 Å². The van der Waals surface area contributed by atoms with Crippen molar-refractivity contribution in [3.63, 3.8) is 0 Å². The maximum absolute atomic E-state index is 12.8. The van der Waals surface area contributed by atoms with Crippen LogP contribution in [0.3, 0.4) is 0 Å². The summed E-state index contributed by atoms with van der Waals surface area (Å²) in [5, 5.41) is 0. The molecule has 0 radical (unpaired) electrons. The van der Waals surface area contributed by atoms with Crippen LogP contribution in [0.2, 0.25) is 0 Å². The van der Waals surface area contributed by atoms with Crippen LogP contribution in [0.1, 0.15) is 5.56 Å². The van der Waals surface area contributed by atoms with Crippen LogP contribution in [0.4, 0.5) is 4.39 Å². The number of hydrogen-bond acceptors (Lipinski definition) is 4. The average molecular weight is 246 g/mol. The molecule has 4 nitrogen and oxygen atoms in total. The summed E-state index contributed by atoms with van der Waals surface area (Å²) in [6.07, 6.45) is 0. The molecular weight excluding hydrogens is 235 g/mol. The molecule has 0 fully saturated rings. The first-order chi connectivity index (χ1) is 7.36. The number of hydrogen-bond donors (Lipinski definition) is 0. The third-order valence-corrected chi connectivity index (χ3v) is 3.75. The third kappa shape index (κ3) is 2.79. The van der Waals surface area contributed by atoms with Crippen LogP contribution in [0.25, 0.3) is 0 Å². The molecule has 0 spiro atoms. The van der Waals surface area contributed by atoms with Crippen molar-refractivity contribution in [3.8, 4) is 0 Å². The molecule has 0 amide bonds. The largest absolute Gasteiger partial charge is 0.468 e. The molecule has 6 heteroatoms. The quantitative estimate of drug-likeness (QED) is 0.591. The summed E-state index contributed by atoms with van der Waals surface area (Å²) in [7, 11) is -2.65. The lowest BCUT2D eigenvalue weighted by Gasteiger charge is -2.06. The highest BCUT2D eigenvalue weighted by Gasteiger charge is 2.21. The standard InChI is InChI=1S/C10H11FO4S/c1-7-5-8(11)3-4-9(7)16(13,14)6-10(12)15-2/h3-5H,6H2,1-2H3. The molecule has 16 heavy (non-hydrogen) atoms. The maximum Gasteiger partial charge on any atom is 0.321 e. The van der Waals surface area contributed by atoms with Crippen molar-refractivity contribution >= 4 is 15.8 Å². The van der Waals surface area contributed by atoms with E-state index in [1.54, 1.807) is 0 Å².